The molecule has 1 aliphatic rings. The van der Waals surface area contributed by atoms with Crippen molar-refractivity contribution in [2.24, 2.45) is 5.73 Å². The Balaban J connectivity index is 2.15. The van der Waals surface area contributed by atoms with Crippen LogP contribution in [0.4, 0.5) is 0 Å². The van der Waals surface area contributed by atoms with Crippen LogP contribution in [0.5, 0.6) is 5.75 Å². The molecule has 1 aromatic rings. The fraction of sp³-hybridized carbons (Fsp3) is 0.579. The van der Waals surface area contributed by atoms with Gasteiger partial charge in [-0.2, -0.15) is 0 Å². The van der Waals surface area contributed by atoms with E-state index in [1.165, 1.54) is 0 Å². The number of carbonyl (C=O) groups is 1. The van der Waals surface area contributed by atoms with E-state index >= 15 is 0 Å². The van der Waals surface area contributed by atoms with Crippen LogP contribution >= 0.6 is 0 Å². The number of sulfonamides is 1. The molecule has 162 valence electrons. The number of ether oxygens (including phenoxy) is 1. The van der Waals surface area contributed by atoms with Crippen molar-refractivity contribution in [2.45, 2.75) is 70.4 Å². The zero-order valence-corrected chi connectivity index (χ0v) is 18.3. The van der Waals surface area contributed by atoms with Crippen LogP contribution in [0.15, 0.2) is 4.90 Å². The first-order chi connectivity index (χ1) is 13.3. The maximum absolute atomic E-state index is 13.0. The smallest absolute Gasteiger partial charge is 0.320 e. The average molecular weight is 427 g/mol. The molecule has 10 heteroatoms. The molecule has 0 aliphatic carbocycles. The summed E-state index contributed by atoms with van der Waals surface area (Å²) in [7, 11) is -3.98. The van der Waals surface area contributed by atoms with Crippen LogP contribution in [0.1, 0.15) is 48.9 Å². The van der Waals surface area contributed by atoms with Gasteiger partial charge in [-0.3, -0.25) is 10.2 Å². The minimum Gasteiger partial charge on any atom is -0.487 e. The lowest BCUT2D eigenvalue weighted by atomic mass is 9.94. The van der Waals surface area contributed by atoms with E-state index in [-0.39, 0.29) is 23.8 Å². The number of benzene rings is 1. The van der Waals surface area contributed by atoms with E-state index in [0.29, 0.717) is 24.0 Å². The molecule has 1 aromatic carbocycles. The van der Waals surface area contributed by atoms with Crippen molar-refractivity contribution >= 4 is 22.0 Å². The Kier molecular flexibility index (Phi) is 6.48. The number of rotatable bonds is 7. The van der Waals surface area contributed by atoms with Gasteiger partial charge in [-0.25, -0.2) is 13.1 Å². The molecule has 2 rings (SSSR count). The Bertz CT molecular complexity index is 941. The fourth-order valence-corrected chi connectivity index (χ4v) is 5.05. The van der Waals surface area contributed by atoms with Crippen LogP contribution in [0.25, 0.3) is 0 Å². The minimum absolute atomic E-state index is 0.162. The summed E-state index contributed by atoms with van der Waals surface area (Å²) >= 11 is 0. The molecule has 0 amide bonds. The first-order valence-corrected chi connectivity index (χ1v) is 10.9. The molecule has 0 saturated carbocycles. The molecule has 0 saturated heterocycles. The van der Waals surface area contributed by atoms with Gasteiger partial charge in [0.05, 0.1) is 4.90 Å². The van der Waals surface area contributed by atoms with Crippen LogP contribution in [-0.2, 0) is 21.2 Å². The lowest BCUT2D eigenvalue weighted by Crippen LogP contribution is -2.41. The van der Waals surface area contributed by atoms with E-state index in [9.17, 15) is 13.2 Å². The molecule has 0 bridgehead atoms. The number of hydrogen-bond donors (Lipinski definition) is 5. The molecule has 1 unspecified atom stereocenters. The number of carboxylic acids is 1. The molecule has 0 spiro atoms. The van der Waals surface area contributed by atoms with Gasteiger partial charge in [0.15, 0.2) is 0 Å². The molecule has 0 radical (unpaired) electrons. The number of nitrogens with two attached hydrogens (primary N) is 1. The predicted octanol–water partition coefficient (Wildman–Crippen LogP) is 1.32. The number of aliphatic carboxylic acids is 1. The summed E-state index contributed by atoms with van der Waals surface area (Å²) in [5.41, 5.74) is 7.89. The van der Waals surface area contributed by atoms with Crippen molar-refractivity contribution in [1.82, 2.24) is 10.0 Å². The molecule has 1 atom stereocenters. The zero-order chi connectivity index (χ0) is 22.1. The molecular weight excluding hydrogens is 396 g/mol. The molecule has 0 fully saturated rings. The normalized spacial score (nSPS) is 15.9. The Morgan fingerprint density at radius 2 is 1.90 bits per heavy atom. The summed E-state index contributed by atoms with van der Waals surface area (Å²) in [5.74, 6) is -0.722. The van der Waals surface area contributed by atoms with Crippen molar-refractivity contribution in [3.63, 3.8) is 0 Å². The third-order valence-corrected chi connectivity index (χ3v) is 6.73. The topological polar surface area (TPSA) is 155 Å². The summed E-state index contributed by atoms with van der Waals surface area (Å²) in [4.78, 5) is 10.9. The van der Waals surface area contributed by atoms with Crippen LogP contribution in [-0.4, -0.2) is 43.6 Å². The Morgan fingerprint density at radius 3 is 2.48 bits per heavy atom. The second-order valence-electron chi connectivity index (χ2n) is 8.04. The number of guanidine groups is 1. The molecular formula is C19H30N4O5S. The van der Waals surface area contributed by atoms with Gasteiger partial charge in [0.25, 0.3) is 10.0 Å². The monoisotopic (exact) mass is 426 g/mol. The van der Waals surface area contributed by atoms with E-state index in [4.69, 9.17) is 21.0 Å². The second kappa shape index (κ2) is 8.19. The van der Waals surface area contributed by atoms with Crippen LogP contribution in [0, 0.1) is 26.2 Å². The zero-order valence-electron chi connectivity index (χ0n) is 17.5. The van der Waals surface area contributed by atoms with Gasteiger partial charge in [0.2, 0.25) is 5.96 Å². The van der Waals surface area contributed by atoms with Crippen LogP contribution in [0.2, 0.25) is 0 Å². The second-order valence-corrected chi connectivity index (χ2v) is 9.66. The standard InChI is InChI=1S/C19H30N4O5S/c1-10-11(2)16(12(3)13-9-19(4,5)28-15(10)13)29(26,27)23-18(21)22-8-6-7-14(20)17(24)25/h14H,6-9,20H2,1-5H3,(H,24,25)(H3,21,22,23). The van der Waals surface area contributed by atoms with Crippen molar-refractivity contribution in [3.05, 3.63) is 22.3 Å². The fourth-order valence-electron chi connectivity index (χ4n) is 3.53. The van der Waals surface area contributed by atoms with E-state index < -0.39 is 27.6 Å². The first kappa shape index (κ1) is 23.0. The molecule has 1 aliphatic heterocycles. The lowest BCUT2D eigenvalue weighted by molar-refractivity contribution is -0.138. The van der Waals surface area contributed by atoms with Gasteiger partial charge in [-0.1, -0.05) is 0 Å². The van der Waals surface area contributed by atoms with Crippen molar-refractivity contribution in [1.29, 1.82) is 5.41 Å². The summed E-state index contributed by atoms with van der Waals surface area (Å²) in [6, 6.07) is -0.978. The maximum Gasteiger partial charge on any atom is 0.320 e. The molecule has 1 heterocycles. The highest BCUT2D eigenvalue weighted by molar-refractivity contribution is 7.90. The SMILES string of the molecule is Cc1c(C)c(S(=O)(=O)NC(=N)NCCCC(N)C(=O)O)c(C)c2c1OC(C)(C)C2. The molecule has 0 aromatic heterocycles. The van der Waals surface area contributed by atoms with Gasteiger partial charge in [-0.15, -0.1) is 0 Å². The van der Waals surface area contributed by atoms with Gasteiger partial charge >= 0.3 is 5.97 Å². The maximum atomic E-state index is 13.0. The van der Waals surface area contributed by atoms with Crippen molar-refractivity contribution in [2.75, 3.05) is 6.54 Å². The molecule has 9 nitrogen and oxygen atoms in total. The van der Waals surface area contributed by atoms with E-state index in [2.05, 4.69) is 10.0 Å². The largest absolute Gasteiger partial charge is 0.487 e. The average Bonchev–Trinajstić information content (AvgIpc) is 2.92. The first-order valence-electron chi connectivity index (χ1n) is 9.42. The summed E-state index contributed by atoms with van der Waals surface area (Å²) in [6.07, 6.45) is 1.22. The van der Waals surface area contributed by atoms with E-state index in [0.717, 1.165) is 16.9 Å². The van der Waals surface area contributed by atoms with Crippen molar-refractivity contribution in [3.8, 4) is 5.75 Å². The highest BCUT2D eigenvalue weighted by Gasteiger charge is 2.36. The highest BCUT2D eigenvalue weighted by atomic mass is 32.2. The summed E-state index contributed by atoms with van der Waals surface area (Å²) < 4.78 is 34.3. The summed E-state index contributed by atoms with van der Waals surface area (Å²) in [5, 5.41) is 19.3. The number of carboxylic acid groups (broad SMARTS) is 1. The van der Waals surface area contributed by atoms with Crippen molar-refractivity contribution < 1.29 is 23.1 Å². The van der Waals surface area contributed by atoms with Crippen LogP contribution in [0.3, 0.4) is 0 Å². The van der Waals surface area contributed by atoms with Crippen LogP contribution < -0.4 is 20.5 Å². The van der Waals surface area contributed by atoms with Gasteiger partial charge in [0.1, 0.15) is 17.4 Å². The van der Waals surface area contributed by atoms with E-state index in [1.807, 2.05) is 20.8 Å². The quantitative estimate of drug-likeness (QED) is 0.250. The van der Waals surface area contributed by atoms with E-state index in [1.54, 1.807) is 13.8 Å². The van der Waals surface area contributed by atoms with Gasteiger partial charge in [0, 0.05) is 18.5 Å². The number of hydrogen-bond acceptors (Lipinski definition) is 6. The third kappa shape index (κ3) is 4.99. The van der Waals surface area contributed by atoms with Gasteiger partial charge < -0.3 is 20.9 Å². The molecule has 6 N–H and O–H groups in total. The summed E-state index contributed by atoms with van der Waals surface area (Å²) in [6.45, 7) is 9.48. The van der Waals surface area contributed by atoms with Gasteiger partial charge in [-0.05, 0) is 64.2 Å². The Hall–Kier alpha value is -2.33. The predicted molar refractivity (Wildman–Crippen MR) is 110 cm³/mol. The Morgan fingerprint density at radius 1 is 1.28 bits per heavy atom. The Labute approximate surface area is 171 Å². The lowest BCUT2D eigenvalue weighted by Gasteiger charge is -2.19. The third-order valence-electron chi connectivity index (χ3n) is 5.11. The molecule has 29 heavy (non-hydrogen) atoms. The highest BCUT2D eigenvalue weighted by Crippen LogP contribution is 2.43. The minimum atomic E-state index is -3.98. The number of fused-ring (bicyclic) bond motifs is 1. The number of nitrogens with one attached hydrogen (secondary N) is 3.